The predicted molar refractivity (Wildman–Crippen MR) is 98.5 cm³/mol. The first-order valence-corrected chi connectivity index (χ1v) is 8.91. The summed E-state index contributed by atoms with van der Waals surface area (Å²) in [5, 5.41) is 6.74. The minimum absolute atomic E-state index is 0.0737. The van der Waals surface area contributed by atoms with E-state index in [0.29, 0.717) is 24.5 Å². The summed E-state index contributed by atoms with van der Waals surface area (Å²) >= 11 is 0. The number of aromatic amines is 1. The molecule has 0 aliphatic carbocycles. The maximum absolute atomic E-state index is 13.5. The molecular formula is C20H19FN4O2. The van der Waals surface area contributed by atoms with Crippen molar-refractivity contribution in [2.24, 2.45) is 0 Å². The fraction of sp³-hybridized carbons (Fsp3) is 0.250. The highest BCUT2D eigenvalue weighted by Crippen LogP contribution is 2.27. The van der Waals surface area contributed by atoms with Crippen molar-refractivity contribution in [3.63, 3.8) is 0 Å². The molecule has 1 fully saturated rings. The van der Waals surface area contributed by atoms with Gasteiger partial charge in [-0.25, -0.2) is 18.9 Å². The Morgan fingerprint density at radius 2 is 1.96 bits per heavy atom. The zero-order valence-electron chi connectivity index (χ0n) is 14.6. The fourth-order valence-corrected chi connectivity index (χ4v) is 3.59. The highest BCUT2D eigenvalue weighted by Gasteiger charge is 2.29. The fourth-order valence-electron chi connectivity index (χ4n) is 3.59. The molecule has 1 atom stereocenters. The third-order valence-electron chi connectivity index (χ3n) is 4.86. The Morgan fingerprint density at radius 3 is 2.74 bits per heavy atom. The Hall–Kier alpha value is -3.22. The maximum Gasteiger partial charge on any atom is 0.347 e. The smallest absolute Gasteiger partial charge is 0.338 e. The van der Waals surface area contributed by atoms with Crippen LogP contribution in [0.4, 0.5) is 4.39 Å². The average Bonchev–Trinajstić information content (AvgIpc) is 3.09. The summed E-state index contributed by atoms with van der Waals surface area (Å²) in [7, 11) is 0. The molecule has 0 bridgehead atoms. The van der Waals surface area contributed by atoms with E-state index >= 15 is 0 Å². The van der Waals surface area contributed by atoms with Crippen LogP contribution in [-0.4, -0.2) is 38.7 Å². The van der Waals surface area contributed by atoms with Gasteiger partial charge in [-0.15, -0.1) is 0 Å². The van der Waals surface area contributed by atoms with Gasteiger partial charge in [0.05, 0.1) is 5.69 Å². The second-order valence-corrected chi connectivity index (χ2v) is 6.66. The number of nitrogens with one attached hydrogen (secondary N) is 1. The molecule has 1 aromatic heterocycles. The molecular weight excluding hydrogens is 347 g/mol. The molecule has 27 heavy (non-hydrogen) atoms. The second kappa shape index (κ2) is 7.19. The van der Waals surface area contributed by atoms with Crippen LogP contribution in [0.3, 0.4) is 0 Å². The van der Waals surface area contributed by atoms with E-state index in [4.69, 9.17) is 0 Å². The van der Waals surface area contributed by atoms with Gasteiger partial charge >= 0.3 is 5.69 Å². The van der Waals surface area contributed by atoms with Crippen molar-refractivity contribution in [2.75, 3.05) is 13.1 Å². The van der Waals surface area contributed by atoms with Gasteiger partial charge in [-0.3, -0.25) is 4.79 Å². The number of nitrogens with zero attached hydrogens (tertiary/aromatic N) is 3. The number of piperidine rings is 1. The van der Waals surface area contributed by atoms with Crippen molar-refractivity contribution in [3.8, 4) is 5.69 Å². The summed E-state index contributed by atoms with van der Waals surface area (Å²) in [6, 6.07) is 15.0. The van der Waals surface area contributed by atoms with Gasteiger partial charge in [0.1, 0.15) is 11.6 Å². The quantitative estimate of drug-likeness (QED) is 0.775. The maximum atomic E-state index is 13.5. The van der Waals surface area contributed by atoms with E-state index in [9.17, 15) is 14.0 Å². The van der Waals surface area contributed by atoms with E-state index in [1.165, 1.54) is 18.2 Å². The van der Waals surface area contributed by atoms with Crippen LogP contribution in [0.1, 0.15) is 34.9 Å². The van der Waals surface area contributed by atoms with Crippen molar-refractivity contribution in [2.45, 2.75) is 18.8 Å². The molecule has 1 aliphatic rings. The van der Waals surface area contributed by atoms with Gasteiger partial charge in [0.15, 0.2) is 0 Å². The number of halogens is 1. The monoisotopic (exact) mass is 366 g/mol. The lowest BCUT2D eigenvalue weighted by Crippen LogP contribution is -2.40. The molecule has 0 radical (unpaired) electrons. The summed E-state index contributed by atoms with van der Waals surface area (Å²) in [6.45, 7) is 1.04. The second-order valence-electron chi connectivity index (χ2n) is 6.66. The molecule has 2 aromatic carbocycles. The molecule has 0 spiro atoms. The molecule has 138 valence electrons. The Labute approximate surface area is 155 Å². The molecule has 1 saturated heterocycles. The van der Waals surface area contributed by atoms with Gasteiger partial charge < -0.3 is 4.90 Å². The number of likely N-dealkylation sites (tertiary alicyclic amines) is 1. The van der Waals surface area contributed by atoms with Gasteiger partial charge in [0, 0.05) is 24.6 Å². The lowest BCUT2D eigenvalue weighted by atomic mass is 9.96. The van der Waals surface area contributed by atoms with Gasteiger partial charge in [-0.2, -0.15) is 5.10 Å². The van der Waals surface area contributed by atoms with Crippen molar-refractivity contribution < 1.29 is 9.18 Å². The topological polar surface area (TPSA) is 71.0 Å². The number of H-pyrrole nitrogens is 1. The Morgan fingerprint density at radius 1 is 1.15 bits per heavy atom. The molecule has 0 saturated carbocycles. The first-order valence-electron chi connectivity index (χ1n) is 8.91. The van der Waals surface area contributed by atoms with E-state index in [0.717, 1.165) is 18.5 Å². The number of para-hydroxylation sites is 1. The number of hydrogen-bond acceptors (Lipinski definition) is 3. The minimum Gasteiger partial charge on any atom is -0.338 e. The van der Waals surface area contributed by atoms with Crippen molar-refractivity contribution in [1.29, 1.82) is 0 Å². The van der Waals surface area contributed by atoms with Crippen molar-refractivity contribution in [3.05, 3.63) is 82.3 Å². The number of carbonyl (C=O) groups is 1. The predicted octanol–water partition coefficient (Wildman–Crippen LogP) is 2.72. The van der Waals surface area contributed by atoms with Crippen LogP contribution in [0.2, 0.25) is 0 Å². The largest absolute Gasteiger partial charge is 0.347 e. The van der Waals surface area contributed by atoms with Crippen LogP contribution in [0.5, 0.6) is 0 Å². The number of aromatic nitrogens is 3. The SMILES string of the molecule is O=C(c1cccc(F)c1)N1CCC[C@@H](c2n[nH]c(=O)n2-c2ccccc2)C1. The molecule has 1 aliphatic heterocycles. The molecule has 2 heterocycles. The summed E-state index contributed by atoms with van der Waals surface area (Å²) in [5.41, 5.74) is 0.766. The van der Waals surface area contributed by atoms with Crippen LogP contribution in [0.25, 0.3) is 5.69 Å². The number of carbonyl (C=O) groups excluding carboxylic acids is 1. The third kappa shape index (κ3) is 3.40. The van der Waals surface area contributed by atoms with Gasteiger partial charge in [0.2, 0.25) is 0 Å². The minimum atomic E-state index is -0.431. The highest BCUT2D eigenvalue weighted by atomic mass is 19.1. The zero-order chi connectivity index (χ0) is 18.8. The summed E-state index contributed by atoms with van der Waals surface area (Å²) in [5.74, 6) is -0.0960. The average molecular weight is 366 g/mol. The summed E-state index contributed by atoms with van der Waals surface area (Å²) < 4.78 is 15.0. The van der Waals surface area contributed by atoms with Crippen LogP contribution in [0, 0.1) is 5.82 Å². The first-order chi connectivity index (χ1) is 13.1. The van der Waals surface area contributed by atoms with Crippen molar-refractivity contribution in [1.82, 2.24) is 19.7 Å². The molecule has 7 heteroatoms. The van der Waals surface area contributed by atoms with Crippen LogP contribution >= 0.6 is 0 Å². The third-order valence-corrected chi connectivity index (χ3v) is 4.86. The lowest BCUT2D eigenvalue weighted by molar-refractivity contribution is 0.0703. The Kier molecular flexibility index (Phi) is 4.58. The Bertz CT molecular complexity index is 1010. The number of rotatable bonds is 3. The van der Waals surface area contributed by atoms with Crippen molar-refractivity contribution >= 4 is 5.91 Å². The van der Waals surface area contributed by atoms with E-state index in [1.54, 1.807) is 15.5 Å². The van der Waals surface area contributed by atoms with E-state index in [1.807, 2.05) is 30.3 Å². The lowest BCUT2D eigenvalue weighted by Gasteiger charge is -2.32. The van der Waals surface area contributed by atoms with E-state index in [2.05, 4.69) is 10.2 Å². The molecule has 4 rings (SSSR count). The normalized spacial score (nSPS) is 17.1. The molecule has 3 aromatic rings. The van der Waals surface area contributed by atoms with Gasteiger partial charge in [-0.05, 0) is 43.2 Å². The number of benzene rings is 2. The summed E-state index contributed by atoms with van der Waals surface area (Å²) in [6.07, 6.45) is 1.62. The standard InChI is InChI=1S/C20H19FN4O2/c21-16-8-4-6-14(12-16)19(26)24-11-5-7-15(13-24)18-22-23-20(27)25(18)17-9-2-1-3-10-17/h1-4,6,8-10,12,15H,5,7,11,13H2,(H,23,27)/t15-/m1/s1. The van der Waals surface area contributed by atoms with Crippen LogP contribution in [-0.2, 0) is 0 Å². The van der Waals surface area contributed by atoms with Gasteiger partial charge in [0.25, 0.3) is 5.91 Å². The molecule has 6 nitrogen and oxygen atoms in total. The van der Waals surface area contributed by atoms with E-state index in [-0.39, 0.29) is 17.5 Å². The zero-order valence-corrected chi connectivity index (χ0v) is 14.6. The van der Waals surface area contributed by atoms with E-state index < -0.39 is 5.82 Å². The molecule has 1 amide bonds. The first kappa shape index (κ1) is 17.2. The summed E-state index contributed by atoms with van der Waals surface area (Å²) in [4.78, 5) is 26.7. The highest BCUT2D eigenvalue weighted by molar-refractivity contribution is 5.94. The Balaban J connectivity index is 1.61. The molecule has 1 N–H and O–H groups in total. The van der Waals surface area contributed by atoms with Crippen LogP contribution in [0.15, 0.2) is 59.4 Å². The number of hydrogen-bond donors (Lipinski definition) is 1. The van der Waals surface area contributed by atoms with Crippen LogP contribution < -0.4 is 5.69 Å². The number of amides is 1. The van der Waals surface area contributed by atoms with Gasteiger partial charge in [-0.1, -0.05) is 24.3 Å². The molecule has 0 unspecified atom stereocenters.